The summed E-state index contributed by atoms with van der Waals surface area (Å²) >= 11 is 15.5. The lowest BCUT2D eigenvalue weighted by Gasteiger charge is -2.19. The van der Waals surface area contributed by atoms with Gasteiger partial charge in [0.2, 0.25) is 0 Å². The van der Waals surface area contributed by atoms with Crippen LogP contribution in [0.2, 0.25) is 10.0 Å². The van der Waals surface area contributed by atoms with Crippen molar-refractivity contribution in [2.24, 2.45) is 5.84 Å². The van der Waals surface area contributed by atoms with Crippen molar-refractivity contribution in [3.63, 3.8) is 0 Å². The summed E-state index contributed by atoms with van der Waals surface area (Å²) in [5.41, 5.74) is 11.3. The Balaban J connectivity index is 2.28. The van der Waals surface area contributed by atoms with Gasteiger partial charge in [0.05, 0.1) is 6.04 Å². The van der Waals surface area contributed by atoms with Gasteiger partial charge in [-0.25, -0.2) is 0 Å². The van der Waals surface area contributed by atoms with Gasteiger partial charge in [0.25, 0.3) is 0 Å². The van der Waals surface area contributed by atoms with Crippen LogP contribution >= 0.6 is 39.1 Å². The molecular weight excluding hydrogens is 361 g/mol. The smallest absolute Gasteiger partial charge is 0.0521 e. The highest BCUT2D eigenvalue weighted by molar-refractivity contribution is 9.10. The molecule has 0 amide bonds. The van der Waals surface area contributed by atoms with Gasteiger partial charge in [0.1, 0.15) is 0 Å². The molecule has 0 aliphatic rings. The maximum absolute atomic E-state index is 6.23. The number of hydrogen-bond donors (Lipinski definition) is 3. The molecule has 3 nitrogen and oxygen atoms in total. The van der Waals surface area contributed by atoms with Crippen LogP contribution in [-0.4, -0.2) is 0 Å². The fourth-order valence-corrected chi connectivity index (χ4v) is 2.96. The third kappa shape index (κ3) is 3.65. The maximum Gasteiger partial charge on any atom is 0.0521 e. The van der Waals surface area contributed by atoms with Crippen LogP contribution in [0.25, 0.3) is 0 Å². The van der Waals surface area contributed by atoms with E-state index in [1.807, 2.05) is 24.3 Å². The van der Waals surface area contributed by atoms with Crippen LogP contribution in [0.15, 0.2) is 40.9 Å². The molecule has 0 aliphatic carbocycles. The Morgan fingerprint density at radius 3 is 2.50 bits per heavy atom. The van der Waals surface area contributed by atoms with Gasteiger partial charge in [-0.2, -0.15) is 0 Å². The van der Waals surface area contributed by atoms with Crippen molar-refractivity contribution in [2.45, 2.75) is 12.5 Å². The summed E-state index contributed by atoms with van der Waals surface area (Å²) in [7, 11) is 0. The van der Waals surface area contributed by atoms with Gasteiger partial charge in [-0.05, 0) is 41.8 Å². The summed E-state index contributed by atoms with van der Waals surface area (Å²) in [5.74, 6) is 5.65. The van der Waals surface area contributed by atoms with Gasteiger partial charge in [0, 0.05) is 20.2 Å². The summed E-state index contributed by atoms with van der Waals surface area (Å²) in [5, 5.41) is 1.29. The van der Waals surface area contributed by atoms with Gasteiger partial charge in [-0.1, -0.05) is 51.3 Å². The highest BCUT2D eigenvalue weighted by atomic mass is 79.9. The first-order chi connectivity index (χ1) is 9.51. The Labute approximate surface area is 136 Å². The fourth-order valence-electron chi connectivity index (χ4n) is 2.03. The third-order valence-electron chi connectivity index (χ3n) is 3.06. The average Bonchev–Trinajstić information content (AvgIpc) is 2.39. The van der Waals surface area contributed by atoms with Crippen molar-refractivity contribution in [2.75, 3.05) is 5.73 Å². The number of rotatable bonds is 4. The van der Waals surface area contributed by atoms with E-state index in [0.717, 1.165) is 15.6 Å². The van der Waals surface area contributed by atoms with Crippen LogP contribution in [0, 0.1) is 0 Å². The lowest BCUT2D eigenvalue weighted by atomic mass is 9.98. The van der Waals surface area contributed by atoms with Crippen molar-refractivity contribution >= 4 is 44.8 Å². The van der Waals surface area contributed by atoms with E-state index in [2.05, 4.69) is 21.4 Å². The van der Waals surface area contributed by atoms with Gasteiger partial charge in [0.15, 0.2) is 0 Å². The number of benzene rings is 2. The second kappa shape index (κ2) is 6.78. The third-order valence-corrected chi connectivity index (χ3v) is 4.14. The Kier molecular flexibility index (Phi) is 5.29. The van der Waals surface area contributed by atoms with Gasteiger partial charge < -0.3 is 5.73 Å². The lowest BCUT2D eigenvalue weighted by Crippen LogP contribution is -2.30. The van der Waals surface area contributed by atoms with Crippen LogP contribution in [0.4, 0.5) is 5.69 Å². The summed E-state index contributed by atoms with van der Waals surface area (Å²) in [4.78, 5) is 0. The summed E-state index contributed by atoms with van der Waals surface area (Å²) in [6.45, 7) is 0. The minimum absolute atomic E-state index is 0.133. The molecule has 1 atom stereocenters. The van der Waals surface area contributed by atoms with Crippen LogP contribution in [-0.2, 0) is 6.42 Å². The minimum atomic E-state index is -0.133. The molecule has 0 fully saturated rings. The molecule has 0 bridgehead atoms. The van der Waals surface area contributed by atoms with E-state index in [-0.39, 0.29) is 6.04 Å². The van der Waals surface area contributed by atoms with Crippen LogP contribution in [0.5, 0.6) is 0 Å². The average molecular weight is 375 g/mol. The molecule has 5 N–H and O–H groups in total. The number of hydrazine groups is 1. The Bertz CT molecular complexity index is 619. The largest absolute Gasteiger partial charge is 0.398 e. The van der Waals surface area contributed by atoms with E-state index in [4.69, 9.17) is 34.8 Å². The number of nitrogens with one attached hydrogen (secondary N) is 1. The van der Waals surface area contributed by atoms with Crippen molar-refractivity contribution in [3.8, 4) is 0 Å². The Hall–Kier alpha value is -0.780. The van der Waals surface area contributed by atoms with Crippen LogP contribution in [0.3, 0.4) is 0 Å². The van der Waals surface area contributed by atoms with Crippen LogP contribution < -0.4 is 17.0 Å². The molecule has 1 unspecified atom stereocenters. The standard InChI is InChI=1S/C14H14BrCl2N3/c15-9-2-1-8(12(17)6-9)5-14(20-19)11-4-3-10(16)7-13(11)18/h1-4,6-7,14,20H,5,18-19H2. The van der Waals surface area contributed by atoms with E-state index in [1.165, 1.54) is 0 Å². The molecule has 0 heterocycles. The first kappa shape index (κ1) is 15.6. The summed E-state index contributed by atoms with van der Waals surface area (Å²) in [6.07, 6.45) is 0.633. The molecule has 0 aliphatic heterocycles. The van der Waals surface area contributed by atoms with Gasteiger partial charge >= 0.3 is 0 Å². The highest BCUT2D eigenvalue weighted by Crippen LogP contribution is 2.29. The topological polar surface area (TPSA) is 64.1 Å². The lowest BCUT2D eigenvalue weighted by molar-refractivity contribution is 0.553. The molecular formula is C14H14BrCl2N3. The summed E-state index contributed by atoms with van der Waals surface area (Å²) < 4.78 is 0.939. The number of hydrogen-bond acceptors (Lipinski definition) is 3. The second-order valence-corrected chi connectivity index (χ2v) is 6.19. The Morgan fingerprint density at radius 1 is 1.15 bits per heavy atom. The second-order valence-electron chi connectivity index (χ2n) is 4.43. The predicted octanol–water partition coefficient (Wildman–Crippen LogP) is 4.09. The van der Waals surface area contributed by atoms with E-state index >= 15 is 0 Å². The number of nitrogens with two attached hydrogens (primary N) is 2. The highest BCUT2D eigenvalue weighted by Gasteiger charge is 2.15. The molecule has 0 saturated heterocycles. The molecule has 2 aromatic rings. The van der Waals surface area contributed by atoms with E-state index in [9.17, 15) is 0 Å². The normalized spacial score (nSPS) is 12.4. The molecule has 106 valence electrons. The van der Waals surface area contributed by atoms with E-state index in [1.54, 1.807) is 12.1 Å². The van der Waals surface area contributed by atoms with Crippen molar-refractivity contribution in [1.29, 1.82) is 0 Å². The minimum Gasteiger partial charge on any atom is -0.398 e. The molecule has 20 heavy (non-hydrogen) atoms. The first-order valence-corrected chi connectivity index (χ1v) is 7.51. The zero-order chi connectivity index (χ0) is 14.7. The molecule has 2 rings (SSSR count). The predicted molar refractivity (Wildman–Crippen MR) is 88.8 cm³/mol. The van der Waals surface area contributed by atoms with E-state index < -0.39 is 0 Å². The molecule has 2 aromatic carbocycles. The zero-order valence-electron chi connectivity index (χ0n) is 10.5. The van der Waals surface area contributed by atoms with Crippen LogP contribution in [0.1, 0.15) is 17.2 Å². The van der Waals surface area contributed by atoms with Crippen molar-refractivity contribution in [3.05, 3.63) is 62.0 Å². The SMILES string of the molecule is NNC(Cc1ccc(Br)cc1Cl)c1ccc(Cl)cc1N. The molecule has 0 spiro atoms. The molecule has 0 aromatic heterocycles. The zero-order valence-corrected chi connectivity index (χ0v) is 13.6. The monoisotopic (exact) mass is 373 g/mol. The first-order valence-electron chi connectivity index (χ1n) is 5.96. The van der Waals surface area contributed by atoms with Crippen molar-refractivity contribution < 1.29 is 0 Å². The Morgan fingerprint density at radius 2 is 1.90 bits per heavy atom. The van der Waals surface area contributed by atoms with Crippen molar-refractivity contribution in [1.82, 2.24) is 5.43 Å². The maximum atomic E-state index is 6.23. The number of anilines is 1. The van der Waals surface area contributed by atoms with Gasteiger partial charge in [-0.3, -0.25) is 11.3 Å². The quantitative estimate of drug-likeness (QED) is 0.429. The number of nitrogen functional groups attached to an aromatic ring is 1. The number of halogens is 3. The molecule has 0 radical (unpaired) electrons. The van der Waals surface area contributed by atoms with Gasteiger partial charge in [-0.15, -0.1) is 0 Å². The molecule has 6 heteroatoms. The van der Waals surface area contributed by atoms with E-state index in [0.29, 0.717) is 22.2 Å². The fraction of sp³-hybridized carbons (Fsp3) is 0.143. The molecule has 0 saturated carbocycles. The summed E-state index contributed by atoms with van der Waals surface area (Å²) in [6, 6.07) is 11.0.